The fourth-order valence-corrected chi connectivity index (χ4v) is 1.87. The fourth-order valence-electron chi connectivity index (χ4n) is 1.87. The summed E-state index contributed by atoms with van der Waals surface area (Å²) >= 11 is 0. The van der Waals surface area contributed by atoms with Crippen LogP contribution in [0.5, 0.6) is 0 Å². The van der Waals surface area contributed by atoms with Crippen molar-refractivity contribution < 1.29 is 0 Å². The average Bonchev–Trinajstić information content (AvgIpc) is 2.73. The third kappa shape index (κ3) is 3.17. The number of rotatable bonds is 4. The number of hydrogen-bond donors (Lipinski definition) is 1. The molecule has 1 atom stereocenters. The molecule has 0 aliphatic rings. The zero-order chi connectivity index (χ0) is 12.3. The summed E-state index contributed by atoms with van der Waals surface area (Å²) in [5, 5.41) is 7.69. The molecule has 3 nitrogen and oxygen atoms in total. The molecule has 3 heteroatoms. The van der Waals surface area contributed by atoms with Gasteiger partial charge in [0.15, 0.2) is 0 Å². The first-order valence-electron chi connectivity index (χ1n) is 5.92. The topological polar surface area (TPSA) is 29.9 Å². The molecule has 0 aliphatic heterocycles. The van der Waals surface area contributed by atoms with E-state index in [1.165, 1.54) is 16.7 Å². The average molecular weight is 229 g/mol. The Balaban J connectivity index is 1.94. The van der Waals surface area contributed by atoms with Gasteiger partial charge in [0.05, 0.1) is 6.20 Å². The normalized spacial score (nSPS) is 12.6. The zero-order valence-electron chi connectivity index (χ0n) is 10.6. The van der Waals surface area contributed by atoms with Crippen molar-refractivity contribution in [2.45, 2.75) is 26.4 Å². The summed E-state index contributed by atoms with van der Waals surface area (Å²) in [5.41, 5.74) is 3.85. The molecule has 17 heavy (non-hydrogen) atoms. The van der Waals surface area contributed by atoms with Crippen molar-refractivity contribution in [1.29, 1.82) is 0 Å². The minimum atomic E-state index is 0.323. The molecule has 0 amide bonds. The van der Waals surface area contributed by atoms with Crippen LogP contribution in [-0.4, -0.2) is 9.78 Å². The number of benzene rings is 1. The van der Waals surface area contributed by atoms with E-state index in [-0.39, 0.29) is 0 Å². The summed E-state index contributed by atoms with van der Waals surface area (Å²) in [5.74, 6) is 0. The molecule has 0 fully saturated rings. The van der Waals surface area contributed by atoms with Gasteiger partial charge < -0.3 is 5.32 Å². The summed E-state index contributed by atoms with van der Waals surface area (Å²) < 4.78 is 1.83. The Labute approximate surface area is 102 Å². The van der Waals surface area contributed by atoms with Crippen molar-refractivity contribution in [3.8, 4) is 0 Å². The van der Waals surface area contributed by atoms with Crippen molar-refractivity contribution in [3.05, 3.63) is 53.3 Å². The van der Waals surface area contributed by atoms with Gasteiger partial charge in [-0.1, -0.05) is 29.8 Å². The molecule has 0 spiro atoms. The second kappa shape index (κ2) is 5.15. The molecular formula is C14H19N3. The van der Waals surface area contributed by atoms with E-state index < -0.39 is 0 Å². The predicted molar refractivity (Wildman–Crippen MR) is 69.6 cm³/mol. The molecule has 1 heterocycles. The minimum Gasteiger partial charge on any atom is -0.306 e. The summed E-state index contributed by atoms with van der Waals surface area (Å²) in [6, 6.07) is 8.90. The summed E-state index contributed by atoms with van der Waals surface area (Å²) in [4.78, 5) is 0. The van der Waals surface area contributed by atoms with Crippen LogP contribution >= 0.6 is 0 Å². The lowest BCUT2D eigenvalue weighted by molar-refractivity contribution is 0.574. The van der Waals surface area contributed by atoms with Crippen molar-refractivity contribution in [3.63, 3.8) is 0 Å². The van der Waals surface area contributed by atoms with Gasteiger partial charge in [-0.25, -0.2) is 0 Å². The highest BCUT2D eigenvalue weighted by Gasteiger charge is 2.06. The standard InChI is InChI=1S/C14H19N3/c1-11-5-4-6-13(7-11)8-15-12(2)14-9-16-17(3)10-14/h4-7,9-10,12,15H,8H2,1-3H3. The van der Waals surface area contributed by atoms with Gasteiger partial charge >= 0.3 is 0 Å². The highest BCUT2D eigenvalue weighted by Crippen LogP contribution is 2.12. The lowest BCUT2D eigenvalue weighted by atomic mass is 10.1. The van der Waals surface area contributed by atoms with Gasteiger partial charge in [-0.2, -0.15) is 5.10 Å². The largest absolute Gasteiger partial charge is 0.306 e. The predicted octanol–water partition coefficient (Wildman–Crippen LogP) is 2.58. The van der Waals surface area contributed by atoms with E-state index in [1.807, 2.05) is 24.1 Å². The molecule has 0 aliphatic carbocycles. The Kier molecular flexibility index (Phi) is 3.59. The molecule has 2 aromatic rings. The molecule has 0 saturated heterocycles. The Morgan fingerprint density at radius 1 is 1.41 bits per heavy atom. The minimum absolute atomic E-state index is 0.323. The van der Waals surface area contributed by atoms with E-state index >= 15 is 0 Å². The Hall–Kier alpha value is -1.61. The van der Waals surface area contributed by atoms with E-state index in [2.05, 4.69) is 48.5 Å². The van der Waals surface area contributed by atoms with E-state index in [9.17, 15) is 0 Å². The van der Waals surface area contributed by atoms with E-state index in [4.69, 9.17) is 0 Å². The highest BCUT2D eigenvalue weighted by molar-refractivity contribution is 5.22. The van der Waals surface area contributed by atoms with E-state index in [0.717, 1.165) is 6.54 Å². The second-order valence-corrected chi connectivity index (χ2v) is 4.54. The van der Waals surface area contributed by atoms with Gasteiger partial charge in [0, 0.05) is 31.4 Å². The molecule has 1 aromatic heterocycles. The number of aromatic nitrogens is 2. The fraction of sp³-hybridized carbons (Fsp3) is 0.357. The van der Waals surface area contributed by atoms with Crippen LogP contribution in [0.3, 0.4) is 0 Å². The molecule has 0 radical (unpaired) electrons. The molecule has 1 aromatic carbocycles. The lowest BCUT2D eigenvalue weighted by Crippen LogP contribution is -2.17. The number of nitrogens with one attached hydrogen (secondary N) is 1. The second-order valence-electron chi connectivity index (χ2n) is 4.54. The number of nitrogens with zero attached hydrogens (tertiary/aromatic N) is 2. The SMILES string of the molecule is Cc1cccc(CNC(C)c2cnn(C)c2)c1. The maximum Gasteiger partial charge on any atom is 0.0537 e. The first-order valence-corrected chi connectivity index (χ1v) is 5.92. The molecule has 1 unspecified atom stereocenters. The molecule has 2 rings (SSSR count). The van der Waals surface area contributed by atoms with Gasteiger partial charge in [-0.3, -0.25) is 4.68 Å². The zero-order valence-corrected chi connectivity index (χ0v) is 10.6. The monoisotopic (exact) mass is 229 g/mol. The van der Waals surface area contributed by atoms with Gasteiger partial charge in [0.25, 0.3) is 0 Å². The summed E-state index contributed by atoms with van der Waals surface area (Å²) in [6.45, 7) is 5.17. The van der Waals surface area contributed by atoms with Crippen molar-refractivity contribution in [2.24, 2.45) is 7.05 Å². The van der Waals surface area contributed by atoms with Gasteiger partial charge in [0.1, 0.15) is 0 Å². The van der Waals surface area contributed by atoms with Crippen molar-refractivity contribution in [2.75, 3.05) is 0 Å². The molecule has 1 N–H and O–H groups in total. The summed E-state index contributed by atoms with van der Waals surface area (Å²) in [7, 11) is 1.94. The van der Waals surface area contributed by atoms with Gasteiger partial charge in [0.2, 0.25) is 0 Å². The van der Waals surface area contributed by atoms with Gasteiger partial charge in [-0.05, 0) is 19.4 Å². The maximum absolute atomic E-state index is 4.18. The van der Waals surface area contributed by atoms with Crippen LogP contribution in [-0.2, 0) is 13.6 Å². The van der Waals surface area contributed by atoms with Gasteiger partial charge in [-0.15, -0.1) is 0 Å². The third-order valence-corrected chi connectivity index (χ3v) is 2.92. The quantitative estimate of drug-likeness (QED) is 0.873. The van der Waals surface area contributed by atoms with Crippen LogP contribution in [0.2, 0.25) is 0 Å². The van der Waals surface area contributed by atoms with Crippen LogP contribution in [0.4, 0.5) is 0 Å². The van der Waals surface area contributed by atoms with E-state index in [0.29, 0.717) is 6.04 Å². The number of aryl methyl sites for hydroxylation is 2. The summed E-state index contributed by atoms with van der Waals surface area (Å²) in [6.07, 6.45) is 3.96. The molecule has 0 saturated carbocycles. The van der Waals surface area contributed by atoms with Crippen molar-refractivity contribution in [1.82, 2.24) is 15.1 Å². The van der Waals surface area contributed by atoms with Crippen LogP contribution in [0.15, 0.2) is 36.7 Å². The van der Waals surface area contributed by atoms with Crippen LogP contribution in [0.25, 0.3) is 0 Å². The van der Waals surface area contributed by atoms with Crippen LogP contribution in [0.1, 0.15) is 29.7 Å². The van der Waals surface area contributed by atoms with E-state index in [1.54, 1.807) is 0 Å². The van der Waals surface area contributed by atoms with Crippen LogP contribution in [0, 0.1) is 6.92 Å². The Morgan fingerprint density at radius 2 is 2.24 bits per heavy atom. The maximum atomic E-state index is 4.18. The molecular weight excluding hydrogens is 210 g/mol. The molecule has 0 bridgehead atoms. The Bertz CT molecular complexity index is 488. The third-order valence-electron chi connectivity index (χ3n) is 2.92. The first kappa shape index (κ1) is 11.9. The highest BCUT2D eigenvalue weighted by atomic mass is 15.2. The lowest BCUT2D eigenvalue weighted by Gasteiger charge is -2.12. The Morgan fingerprint density at radius 3 is 2.88 bits per heavy atom. The van der Waals surface area contributed by atoms with Crippen molar-refractivity contribution >= 4 is 0 Å². The number of hydrogen-bond acceptors (Lipinski definition) is 2. The molecule has 90 valence electrons. The first-order chi connectivity index (χ1) is 8.15. The van der Waals surface area contributed by atoms with Crippen LogP contribution < -0.4 is 5.32 Å². The smallest absolute Gasteiger partial charge is 0.0537 e.